The first-order chi connectivity index (χ1) is 7.24. The molecule has 0 amide bonds. The molecule has 0 aromatic carbocycles. The molecule has 0 saturated heterocycles. The quantitative estimate of drug-likeness (QED) is 0.745. The van der Waals surface area contributed by atoms with Gasteiger partial charge in [0.2, 0.25) is 0 Å². The summed E-state index contributed by atoms with van der Waals surface area (Å²) in [5.41, 5.74) is 8.88. The number of nitrogen functional groups attached to an aromatic ring is 1. The summed E-state index contributed by atoms with van der Waals surface area (Å²) in [6, 6.07) is 3.91. The Hall–Kier alpha value is -1.35. The van der Waals surface area contributed by atoms with Gasteiger partial charge in [0.15, 0.2) is 0 Å². The third-order valence-corrected chi connectivity index (χ3v) is 2.64. The van der Waals surface area contributed by atoms with Gasteiger partial charge in [0.1, 0.15) is 0 Å². The second-order valence-electron chi connectivity index (χ2n) is 4.13. The van der Waals surface area contributed by atoms with E-state index in [1.165, 1.54) is 5.57 Å². The van der Waals surface area contributed by atoms with Crippen LogP contribution in [0.25, 0.3) is 0 Å². The number of rotatable bonds is 2. The van der Waals surface area contributed by atoms with Crippen molar-refractivity contribution in [3.8, 4) is 0 Å². The number of hydrogen-bond acceptors (Lipinski definition) is 3. The third-order valence-electron chi connectivity index (χ3n) is 2.64. The lowest BCUT2D eigenvalue weighted by molar-refractivity contribution is 0.279. The first kappa shape index (κ1) is 10.2. The number of anilines is 1. The van der Waals surface area contributed by atoms with Gasteiger partial charge in [0, 0.05) is 19.6 Å². The minimum absolute atomic E-state index is 0.730. The lowest BCUT2D eigenvalue weighted by Gasteiger charge is -2.25. The molecule has 0 radical (unpaired) electrons. The fraction of sp³-hybridized carbons (Fsp3) is 0.417. The first-order valence-corrected chi connectivity index (χ1v) is 5.32. The van der Waals surface area contributed by atoms with Crippen molar-refractivity contribution in [2.75, 3.05) is 18.8 Å². The van der Waals surface area contributed by atoms with Crippen LogP contribution in [-0.2, 0) is 6.54 Å². The molecule has 3 nitrogen and oxygen atoms in total. The molecule has 0 saturated carbocycles. The van der Waals surface area contributed by atoms with Gasteiger partial charge in [-0.2, -0.15) is 0 Å². The molecule has 1 aliphatic heterocycles. The summed E-state index contributed by atoms with van der Waals surface area (Å²) in [4.78, 5) is 6.72. The van der Waals surface area contributed by atoms with Crippen LogP contribution in [0.2, 0.25) is 0 Å². The second-order valence-corrected chi connectivity index (χ2v) is 4.13. The largest absolute Gasteiger partial charge is 0.397 e. The van der Waals surface area contributed by atoms with E-state index in [0.717, 1.165) is 37.4 Å². The summed E-state index contributed by atoms with van der Waals surface area (Å²) in [6.45, 7) is 5.30. The highest BCUT2D eigenvalue weighted by Gasteiger charge is 2.10. The number of hydrogen-bond donors (Lipinski definition) is 1. The van der Waals surface area contributed by atoms with Gasteiger partial charge in [0.25, 0.3) is 0 Å². The molecular formula is C12H17N3. The van der Waals surface area contributed by atoms with Crippen molar-refractivity contribution in [3.05, 3.63) is 35.7 Å². The van der Waals surface area contributed by atoms with Crippen molar-refractivity contribution in [1.82, 2.24) is 9.88 Å². The van der Waals surface area contributed by atoms with E-state index in [9.17, 15) is 0 Å². The second kappa shape index (κ2) is 4.45. The van der Waals surface area contributed by atoms with Gasteiger partial charge in [-0.25, -0.2) is 0 Å². The molecule has 2 heterocycles. The SMILES string of the molecule is CC1=CCCN(Cc2ccc(N)cn2)C1. The summed E-state index contributed by atoms with van der Waals surface area (Å²) >= 11 is 0. The van der Waals surface area contributed by atoms with Crippen LogP contribution in [0.4, 0.5) is 5.69 Å². The van der Waals surface area contributed by atoms with E-state index < -0.39 is 0 Å². The van der Waals surface area contributed by atoms with Crippen molar-refractivity contribution >= 4 is 5.69 Å². The van der Waals surface area contributed by atoms with Gasteiger partial charge in [-0.1, -0.05) is 11.6 Å². The fourth-order valence-corrected chi connectivity index (χ4v) is 1.88. The van der Waals surface area contributed by atoms with Gasteiger partial charge < -0.3 is 5.73 Å². The smallest absolute Gasteiger partial charge is 0.0545 e. The summed E-state index contributed by atoms with van der Waals surface area (Å²) in [7, 11) is 0. The zero-order chi connectivity index (χ0) is 10.7. The molecule has 2 rings (SSSR count). The molecule has 1 aliphatic rings. The Labute approximate surface area is 90.6 Å². The fourth-order valence-electron chi connectivity index (χ4n) is 1.88. The van der Waals surface area contributed by atoms with Gasteiger partial charge >= 0.3 is 0 Å². The average molecular weight is 203 g/mol. The minimum Gasteiger partial charge on any atom is -0.397 e. The highest BCUT2D eigenvalue weighted by molar-refractivity contribution is 5.34. The maximum Gasteiger partial charge on any atom is 0.0545 e. The summed E-state index contributed by atoms with van der Waals surface area (Å²) in [5.74, 6) is 0. The Bertz CT molecular complexity index is 354. The highest BCUT2D eigenvalue weighted by Crippen LogP contribution is 2.12. The van der Waals surface area contributed by atoms with Gasteiger partial charge in [-0.05, 0) is 25.5 Å². The lowest BCUT2D eigenvalue weighted by Crippen LogP contribution is -2.29. The molecule has 0 atom stereocenters. The molecule has 15 heavy (non-hydrogen) atoms. The molecule has 0 fully saturated rings. The molecular weight excluding hydrogens is 186 g/mol. The zero-order valence-corrected chi connectivity index (χ0v) is 9.11. The lowest BCUT2D eigenvalue weighted by atomic mass is 10.1. The zero-order valence-electron chi connectivity index (χ0n) is 9.11. The standard InChI is InChI=1S/C12H17N3/c1-10-3-2-6-15(8-10)9-12-5-4-11(13)7-14-12/h3-5,7H,2,6,8-9,13H2,1H3. The maximum atomic E-state index is 5.60. The summed E-state index contributed by atoms with van der Waals surface area (Å²) in [5, 5.41) is 0. The number of nitrogens with zero attached hydrogens (tertiary/aromatic N) is 2. The topological polar surface area (TPSA) is 42.1 Å². The molecule has 0 unspecified atom stereocenters. The average Bonchev–Trinajstić information content (AvgIpc) is 2.22. The summed E-state index contributed by atoms with van der Waals surface area (Å²) in [6.07, 6.45) is 5.19. The molecule has 1 aromatic rings. The van der Waals surface area contributed by atoms with E-state index in [1.807, 2.05) is 12.1 Å². The molecule has 1 aromatic heterocycles. The van der Waals surface area contributed by atoms with E-state index in [-0.39, 0.29) is 0 Å². The minimum atomic E-state index is 0.730. The number of pyridine rings is 1. The third kappa shape index (κ3) is 2.80. The Morgan fingerprint density at radius 1 is 1.47 bits per heavy atom. The Morgan fingerprint density at radius 3 is 3.00 bits per heavy atom. The van der Waals surface area contributed by atoms with Crippen LogP contribution in [0, 0.1) is 0 Å². The van der Waals surface area contributed by atoms with Crippen molar-refractivity contribution in [1.29, 1.82) is 0 Å². The van der Waals surface area contributed by atoms with Gasteiger partial charge in [-0.15, -0.1) is 0 Å². The van der Waals surface area contributed by atoms with Crippen LogP contribution in [-0.4, -0.2) is 23.0 Å². The molecule has 0 aliphatic carbocycles. The molecule has 3 heteroatoms. The molecule has 2 N–H and O–H groups in total. The van der Waals surface area contributed by atoms with E-state index in [0.29, 0.717) is 0 Å². The Morgan fingerprint density at radius 2 is 2.33 bits per heavy atom. The van der Waals surface area contributed by atoms with Crippen molar-refractivity contribution < 1.29 is 0 Å². The normalized spacial score (nSPS) is 17.5. The Balaban J connectivity index is 1.97. The predicted octanol–water partition coefficient (Wildman–Crippen LogP) is 1.82. The van der Waals surface area contributed by atoms with Gasteiger partial charge in [-0.3, -0.25) is 9.88 Å². The molecule has 0 spiro atoms. The summed E-state index contributed by atoms with van der Waals surface area (Å²) < 4.78 is 0. The Kier molecular flexibility index (Phi) is 3.02. The van der Waals surface area contributed by atoms with E-state index >= 15 is 0 Å². The first-order valence-electron chi connectivity index (χ1n) is 5.32. The van der Waals surface area contributed by atoms with Gasteiger partial charge in [0.05, 0.1) is 17.6 Å². The van der Waals surface area contributed by atoms with Crippen LogP contribution < -0.4 is 5.73 Å². The van der Waals surface area contributed by atoms with E-state index in [1.54, 1.807) is 6.20 Å². The van der Waals surface area contributed by atoms with Crippen LogP contribution in [0.15, 0.2) is 30.0 Å². The van der Waals surface area contributed by atoms with Crippen molar-refractivity contribution in [3.63, 3.8) is 0 Å². The number of nitrogens with two attached hydrogens (primary N) is 1. The van der Waals surface area contributed by atoms with Crippen molar-refractivity contribution in [2.45, 2.75) is 19.9 Å². The van der Waals surface area contributed by atoms with Crippen molar-refractivity contribution in [2.24, 2.45) is 0 Å². The molecule has 0 bridgehead atoms. The van der Waals surface area contributed by atoms with Crippen LogP contribution in [0.1, 0.15) is 19.0 Å². The van der Waals surface area contributed by atoms with Crippen LogP contribution >= 0.6 is 0 Å². The highest BCUT2D eigenvalue weighted by atomic mass is 15.1. The van der Waals surface area contributed by atoms with E-state index in [2.05, 4.69) is 22.9 Å². The molecule has 80 valence electrons. The monoisotopic (exact) mass is 203 g/mol. The van der Waals surface area contributed by atoms with Crippen LogP contribution in [0.3, 0.4) is 0 Å². The number of aromatic nitrogens is 1. The maximum absolute atomic E-state index is 5.60. The predicted molar refractivity (Wildman–Crippen MR) is 62.3 cm³/mol. The van der Waals surface area contributed by atoms with E-state index in [4.69, 9.17) is 5.73 Å². The van der Waals surface area contributed by atoms with Crippen LogP contribution in [0.5, 0.6) is 0 Å².